The first-order valence-electron chi connectivity index (χ1n) is 5.25. The third kappa shape index (κ3) is 2.99. The molecule has 2 aromatic rings. The van der Waals surface area contributed by atoms with Crippen molar-refractivity contribution in [3.63, 3.8) is 0 Å². The van der Waals surface area contributed by atoms with E-state index in [0.717, 1.165) is 41.0 Å². The number of hydrogen-bond acceptors (Lipinski definition) is 6. The third-order valence-electron chi connectivity index (χ3n) is 2.00. The van der Waals surface area contributed by atoms with Crippen LogP contribution in [0.3, 0.4) is 0 Å². The topological polar surface area (TPSA) is 50.7 Å². The zero-order valence-electron chi connectivity index (χ0n) is 9.36. The molecule has 0 radical (unpaired) electrons. The monoisotopic (exact) mass is 254 g/mol. The summed E-state index contributed by atoms with van der Waals surface area (Å²) in [6.07, 6.45) is 1.83. The fraction of sp³-hybridized carbons (Fsp3) is 0.500. The molecule has 0 unspecified atom stereocenters. The van der Waals surface area contributed by atoms with Crippen LogP contribution in [-0.2, 0) is 6.42 Å². The van der Waals surface area contributed by atoms with E-state index in [1.165, 1.54) is 11.5 Å². The summed E-state index contributed by atoms with van der Waals surface area (Å²) in [5, 5.41) is 7.30. The molecule has 2 rings (SSSR count). The number of nitrogens with one attached hydrogen (secondary N) is 1. The average Bonchev–Trinajstić information content (AvgIpc) is 2.86. The Morgan fingerprint density at radius 2 is 2.25 bits per heavy atom. The molecular formula is C10H14N4S2. The van der Waals surface area contributed by atoms with Gasteiger partial charge in [-0.15, -0.1) is 11.3 Å². The number of thiazole rings is 1. The highest BCUT2D eigenvalue weighted by Gasteiger charge is 2.06. The number of anilines is 1. The van der Waals surface area contributed by atoms with Crippen molar-refractivity contribution in [2.75, 3.05) is 11.9 Å². The number of nitrogens with zero attached hydrogens (tertiary/aromatic N) is 3. The Balaban J connectivity index is 1.97. The van der Waals surface area contributed by atoms with Gasteiger partial charge in [-0.05, 0) is 13.3 Å². The highest BCUT2D eigenvalue weighted by molar-refractivity contribution is 7.10. The maximum absolute atomic E-state index is 4.41. The van der Waals surface area contributed by atoms with E-state index in [2.05, 4.69) is 32.0 Å². The maximum atomic E-state index is 4.41. The van der Waals surface area contributed by atoms with E-state index in [-0.39, 0.29) is 0 Å². The van der Waals surface area contributed by atoms with Gasteiger partial charge in [0.05, 0.1) is 17.1 Å². The summed E-state index contributed by atoms with van der Waals surface area (Å²) in [6, 6.07) is 0. The molecule has 86 valence electrons. The molecule has 0 saturated carbocycles. The van der Waals surface area contributed by atoms with Crippen molar-refractivity contribution < 1.29 is 0 Å². The van der Waals surface area contributed by atoms with Crippen LogP contribution in [0.1, 0.15) is 29.9 Å². The van der Waals surface area contributed by atoms with Crippen molar-refractivity contribution in [3.8, 4) is 0 Å². The lowest BCUT2D eigenvalue weighted by Crippen LogP contribution is -1.99. The fourth-order valence-corrected chi connectivity index (χ4v) is 2.50. The van der Waals surface area contributed by atoms with E-state index >= 15 is 0 Å². The average molecular weight is 254 g/mol. The second-order valence-corrected chi connectivity index (χ2v) is 5.29. The van der Waals surface area contributed by atoms with Crippen LogP contribution >= 0.6 is 22.9 Å². The van der Waals surface area contributed by atoms with Crippen molar-refractivity contribution in [2.24, 2.45) is 0 Å². The van der Waals surface area contributed by atoms with E-state index in [4.69, 9.17) is 0 Å². The van der Waals surface area contributed by atoms with Gasteiger partial charge in [-0.3, -0.25) is 0 Å². The van der Waals surface area contributed by atoms with E-state index in [9.17, 15) is 0 Å². The number of rotatable bonds is 5. The number of aryl methyl sites for hydroxylation is 1. The summed E-state index contributed by atoms with van der Waals surface area (Å²) in [4.78, 5) is 8.81. The minimum Gasteiger partial charge on any atom is -0.360 e. The molecule has 0 aliphatic heterocycles. The van der Waals surface area contributed by atoms with Crippen LogP contribution in [0.15, 0.2) is 5.38 Å². The Kier molecular flexibility index (Phi) is 3.84. The van der Waals surface area contributed by atoms with Crippen molar-refractivity contribution >= 4 is 28.0 Å². The molecule has 0 fully saturated rings. The van der Waals surface area contributed by atoms with Crippen LogP contribution in [0, 0.1) is 6.92 Å². The Bertz CT molecular complexity index is 449. The van der Waals surface area contributed by atoms with Gasteiger partial charge in [-0.1, -0.05) is 6.92 Å². The van der Waals surface area contributed by atoms with Gasteiger partial charge in [0.15, 0.2) is 5.82 Å². The smallest absolute Gasteiger partial charge is 0.202 e. The first-order chi connectivity index (χ1) is 7.78. The van der Waals surface area contributed by atoms with Crippen molar-refractivity contribution in [2.45, 2.75) is 26.7 Å². The zero-order valence-corrected chi connectivity index (χ0v) is 11.0. The van der Waals surface area contributed by atoms with Gasteiger partial charge >= 0.3 is 0 Å². The van der Waals surface area contributed by atoms with Gasteiger partial charge in [0, 0.05) is 23.5 Å². The Morgan fingerprint density at radius 3 is 2.94 bits per heavy atom. The van der Waals surface area contributed by atoms with Crippen molar-refractivity contribution in [1.29, 1.82) is 0 Å². The molecule has 6 heteroatoms. The SMILES string of the molecule is CCCNc1nc(Cc2csc(C)n2)ns1. The van der Waals surface area contributed by atoms with Crippen LogP contribution < -0.4 is 5.32 Å². The van der Waals surface area contributed by atoms with Crippen LogP contribution in [0.4, 0.5) is 5.13 Å². The molecule has 2 aromatic heterocycles. The van der Waals surface area contributed by atoms with E-state index in [1.54, 1.807) is 11.3 Å². The quantitative estimate of drug-likeness (QED) is 0.891. The molecule has 0 bridgehead atoms. The van der Waals surface area contributed by atoms with Gasteiger partial charge in [-0.2, -0.15) is 4.37 Å². The second kappa shape index (κ2) is 5.36. The molecule has 16 heavy (non-hydrogen) atoms. The fourth-order valence-electron chi connectivity index (χ4n) is 1.28. The molecular weight excluding hydrogens is 240 g/mol. The van der Waals surface area contributed by atoms with Gasteiger partial charge in [0.1, 0.15) is 0 Å². The number of hydrogen-bond donors (Lipinski definition) is 1. The van der Waals surface area contributed by atoms with E-state index in [1.807, 2.05) is 6.92 Å². The molecule has 0 aliphatic rings. The Labute approximate surface area is 103 Å². The zero-order chi connectivity index (χ0) is 11.4. The summed E-state index contributed by atoms with van der Waals surface area (Å²) < 4.78 is 4.31. The van der Waals surface area contributed by atoms with Gasteiger partial charge in [-0.25, -0.2) is 9.97 Å². The molecule has 0 atom stereocenters. The van der Waals surface area contributed by atoms with Crippen molar-refractivity contribution in [1.82, 2.24) is 14.3 Å². The molecule has 0 amide bonds. The van der Waals surface area contributed by atoms with Crippen LogP contribution in [0.5, 0.6) is 0 Å². The highest BCUT2D eigenvalue weighted by Crippen LogP contribution is 2.15. The minimum absolute atomic E-state index is 0.731. The van der Waals surface area contributed by atoms with E-state index < -0.39 is 0 Å². The third-order valence-corrected chi connectivity index (χ3v) is 3.53. The molecule has 0 spiro atoms. The largest absolute Gasteiger partial charge is 0.360 e. The summed E-state index contributed by atoms with van der Waals surface area (Å²) >= 11 is 3.08. The molecule has 1 N–H and O–H groups in total. The Morgan fingerprint density at radius 1 is 1.38 bits per heavy atom. The number of aromatic nitrogens is 3. The Hall–Kier alpha value is -1.01. The predicted octanol–water partition coefficient (Wildman–Crippen LogP) is 2.72. The standard InChI is InChI=1S/C10H14N4S2/c1-3-4-11-10-13-9(14-16-10)5-8-6-15-7(2)12-8/h6H,3-5H2,1-2H3,(H,11,13,14). The molecule has 0 aromatic carbocycles. The molecule has 4 nitrogen and oxygen atoms in total. The predicted molar refractivity (Wildman–Crippen MR) is 68.3 cm³/mol. The van der Waals surface area contributed by atoms with Gasteiger partial charge in [0.2, 0.25) is 5.13 Å². The lowest BCUT2D eigenvalue weighted by atomic mass is 10.3. The lowest BCUT2D eigenvalue weighted by Gasteiger charge is -1.95. The first-order valence-corrected chi connectivity index (χ1v) is 6.90. The first kappa shape index (κ1) is 11.5. The molecule has 0 saturated heterocycles. The molecule has 0 aliphatic carbocycles. The van der Waals surface area contributed by atoms with Crippen molar-refractivity contribution in [3.05, 3.63) is 21.9 Å². The summed E-state index contributed by atoms with van der Waals surface area (Å²) in [5.41, 5.74) is 1.06. The summed E-state index contributed by atoms with van der Waals surface area (Å²) in [5.74, 6) is 0.855. The lowest BCUT2D eigenvalue weighted by molar-refractivity contribution is 0.958. The molecule has 2 heterocycles. The van der Waals surface area contributed by atoms with E-state index in [0.29, 0.717) is 0 Å². The summed E-state index contributed by atoms with van der Waals surface area (Å²) in [7, 11) is 0. The highest BCUT2D eigenvalue weighted by atomic mass is 32.1. The van der Waals surface area contributed by atoms with Gasteiger partial charge in [0.25, 0.3) is 0 Å². The van der Waals surface area contributed by atoms with Crippen LogP contribution in [0.2, 0.25) is 0 Å². The van der Waals surface area contributed by atoms with Crippen LogP contribution in [-0.4, -0.2) is 20.9 Å². The maximum Gasteiger partial charge on any atom is 0.202 e. The normalized spacial score (nSPS) is 10.6. The van der Waals surface area contributed by atoms with Gasteiger partial charge < -0.3 is 5.32 Å². The summed E-state index contributed by atoms with van der Waals surface area (Å²) in [6.45, 7) is 5.09. The second-order valence-electron chi connectivity index (χ2n) is 3.48. The minimum atomic E-state index is 0.731. The van der Waals surface area contributed by atoms with Crippen LogP contribution in [0.25, 0.3) is 0 Å².